The van der Waals surface area contributed by atoms with Gasteiger partial charge in [0.2, 0.25) is 12.7 Å². The number of methoxy groups -OCH3 is 2. The number of nitrogens with one attached hydrogen (secondary N) is 2. The maximum Gasteiger partial charge on any atom is 0.319 e. The Morgan fingerprint density at radius 2 is 1.97 bits per heavy atom. The fourth-order valence-electron chi connectivity index (χ4n) is 3.53. The maximum atomic E-state index is 12.5. The molecule has 30 heavy (non-hydrogen) atoms. The van der Waals surface area contributed by atoms with Gasteiger partial charge in [-0.05, 0) is 24.3 Å². The summed E-state index contributed by atoms with van der Waals surface area (Å²) in [7, 11) is 3.08. The molecule has 1 atom stereocenters. The zero-order valence-corrected chi connectivity index (χ0v) is 16.8. The van der Waals surface area contributed by atoms with Crippen molar-refractivity contribution in [1.29, 1.82) is 0 Å². The van der Waals surface area contributed by atoms with Crippen LogP contribution in [0.2, 0.25) is 0 Å². The molecule has 4 rings (SSSR count). The Balaban J connectivity index is 1.32. The highest BCUT2D eigenvalue weighted by Crippen LogP contribution is 2.37. The van der Waals surface area contributed by atoms with Gasteiger partial charge >= 0.3 is 6.03 Å². The minimum atomic E-state index is -0.368. The average molecular weight is 413 g/mol. The molecule has 0 aliphatic carbocycles. The number of benzene rings is 2. The van der Waals surface area contributed by atoms with Gasteiger partial charge in [-0.25, -0.2) is 4.79 Å². The van der Waals surface area contributed by atoms with E-state index in [2.05, 4.69) is 10.6 Å². The Bertz CT molecular complexity index is 964. The molecule has 2 aromatic rings. The normalized spacial score (nSPS) is 17.1. The molecule has 0 radical (unpaired) electrons. The quantitative estimate of drug-likeness (QED) is 0.756. The second kappa shape index (κ2) is 8.40. The topological polar surface area (TPSA) is 98.4 Å². The molecule has 2 aliphatic heterocycles. The Morgan fingerprint density at radius 3 is 2.77 bits per heavy atom. The van der Waals surface area contributed by atoms with Gasteiger partial charge in [-0.3, -0.25) is 4.79 Å². The van der Waals surface area contributed by atoms with Crippen molar-refractivity contribution in [2.75, 3.05) is 44.3 Å². The van der Waals surface area contributed by atoms with Crippen molar-refractivity contribution in [3.05, 3.63) is 36.4 Å². The first-order valence-electron chi connectivity index (χ1n) is 9.54. The number of rotatable bonds is 6. The van der Waals surface area contributed by atoms with Crippen LogP contribution in [0, 0.1) is 5.92 Å². The van der Waals surface area contributed by atoms with Crippen molar-refractivity contribution >= 4 is 23.3 Å². The Labute approximate surface area is 173 Å². The lowest BCUT2D eigenvalue weighted by Gasteiger charge is -2.17. The summed E-state index contributed by atoms with van der Waals surface area (Å²) in [5.74, 6) is 2.45. The minimum Gasteiger partial charge on any atom is -0.497 e. The molecular weight excluding hydrogens is 390 g/mol. The van der Waals surface area contributed by atoms with E-state index in [4.69, 9.17) is 18.9 Å². The molecule has 2 aromatic carbocycles. The molecule has 2 heterocycles. The van der Waals surface area contributed by atoms with Gasteiger partial charge in [0.05, 0.1) is 19.9 Å². The molecule has 2 N–H and O–H groups in total. The van der Waals surface area contributed by atoms with Crippen LogP contribution in [-0.2, 0) is 4.79 Å². The molecule has 0 spiro atoms. The summed E-state index contributed by atoms with van der Waals surface area (Å²) in [6.45, 7) is 1.08. The smallest absolute Gasteiger partial charge is 0.319 e. The van der Waals surface area contributed by atoms with E-state index in [0.29, 0.717) is 48.2 Å². The molecule has 1 unspecified atom stereocenters. The van der Waals surface area contributed by atoms with Gasteiger partial charge in [0, 0.05) is 43.2 Å². The summed E-state index contributed by atoms with van der Waals surface area (Å²) in [4.78, 5) is 26.5. The summed E-state index contributed by atoms with van der Waals surface area (Å²) in [5, 5.41) is 5.59. The van der Waals surface area contributed by atoms with Crippen LogP contribution in [0.1, 0.15) is 6.42 Å². The Kier molecular flexibility index (Phi) is 5.51. The molecule has 3 amide bonds. The monoisotopic (exact) mass is 413 g/mol. The highest BCUT2D eigenvalue weighted by atomic mass is 16.7. The number of carbonyl (C=O) groups is 2. The first-order chi connectivity index (χ1) is 14.6. The number of ether oxygens (including phenoxy) is 4. The second-order valence-corrected chi connectivity index (χ2v) is 7.01. The predicted octanol–water partition coefficient (Wildman–Crippen LogP) is 2.61. The number of fused-ring (bicyclic) bond motifs is 1. The maximum absolute atomic E-state index is 12.5. The van der Waals surface area contributed by atoms with E-state index in [-0.39, 0.29) is 24.6 Å². The third-order valence-electron chi connectivity index (χ3n) is 5.08. The van der Waals surface area contributed by atoms with Crippen molar-refractivity contribution < 1.29 is 28.5 Å². The first-order valence-corrected chi connectivity index (χ1v) is 9.54. The van der Waals surface area contributed by atoms with Crippen molar-refractivity contribution in [3.8, 4) is 23.0 Å². The number of urea groups is 1. The first kappa shape index (κ1) is 19.7. The lowest BCUT2D eigenvalue weighted by atomic mass is 10.1. The average Bonchev–Trinajstić information content (AvgIpc) is 3.38. The van der Waals surface area contributed by atoms with E-state index in [1.54, 1.807) is 42.3 Å². The van der Waals surface area contributed by atoms with E-state index >= 15 is 0 Å². The van der Waals surface area contributed by atoms with Crippen LogP contribution in [0.15, 0.2) is 36.4 Å². The third kappa shape index (κ3) is 4.05. The lowest BCUT2D eigenvalue weighted by molar-refractivity contribution is -0.117. The number of nitrogens with zero attached hydrogens (tertiary/aromatic N) is 1. The van der Waals surface area contributed by atoms with Crippen LogP contribution < -0.4 is 34.5 Å². The summed E-state index contributed by atoms with van der Waals surface area (Å²) < 4.78 is 21.1. The van der Waals surface area contributed by atoms with Crippen molar-refractivity contribution in [1.82, 2.24) is 5.32 Å². The Morgan fingerprint density at radius 1 is 1.13 bits per heavy atom. The van der Waals surface area contributed by atoms with Gasteiger partial charge in [0.1, 0.15) is 11.5 Å². The van der Waals surface area contributed by atoms with Gasteiger partial charge in [0.25, 0.3) is 0 Å². The number of hydrogen-bond acceptors (Lipinski definition) is 6. The highest BCUT2D eigenvalue weighted by molar-refractivity contribution is 5.96. The minimum absolute atomic E-state index is 0.00596. The van der Waals surface area contributed by atoms with Crippen LogP contribution in [0.25, 0.3) is 0 Å². The molecule has 158 valence electrons. The number of anilines is 2. The van der Waals surface area contributed by atoms with Crippen molar-refractivity contribution in [3.63, 3.8) is 0 Å². The van der Waals surface area contributed by atoms with Gasteiger partial charge in [-0.15, -0.1) is 0 Å². The zero-order chi connectivity index (χ0) is 21.1. The van der Waals surface area contributed by atoms with E-state index in [1.165, 1.54) is 7.11 Å². The standard InChI is InChI=1S/C21H23N3O6/c1-27-15-4-5-16(18(9-15)28-2)23-21(26)22-10-13-7-20(25)24(11-13)14-3-6-17-19(8-14)30-12-29-17/h3-6,8-9,13H,7,10-12H2,1-2H3,(H2,22,23,26). The van der Waals surface area contributed by atoms with Gasteiger partial charge in [0.15, 0.2) is 11.5 Å². The SMILES string of the molecule is COc1ccc(NC(=O)NCC2CC(=O)N(c3ccc4c(c3)OCO4)C2)c(OC)c1. The number of carbonyl (C=O) groups excluding carboxylic acids is 2. The van der Waals surface area contributed by atoms with Gasteiger partial charge in [-0.2, -0.15) is 0 Å². The largest absolute Gasteiger partial charge is 0.497 e. The molecule has 0 aromatic heterocycles. The molecule has 0 saturated carbocycles. The molecule has 2 aliphatic rings. The molecule has 9 heteroatoms. The Hall–Kier alpha value is -3.62. The summed E-state index contributed by atoms with van der Waals surface area (Å²) in [6.07, 6.45) is 0.362. The van der Waals surface area contributed by atoms with E-state index in [1.807, 2.05) is 6.07 Å². The summed E-state index contributed by atoms with van der Waals surface area (Å²) in [6, 6.07) is 10.2. The summed E-state index contributed by atoms with van der Waals surface area (Å²) in [5.41, 5.74) is 1.29. The van der Waals surface area contributed by atoms with Crippen molar-refractivity contribution in [2.45, 2.75) is 6.42 Å². The van der Waals surface area contributed by atoms with Crippen LogP contribution in [0.3, 0.4) is 0 Å². The van der Waals surface area contributed by atoms with E-state index < -0.39 is 0 Å². The zero-order valence-electron chi connectivity index (χ0n) is 16.8. The molecule has 9 nitrogen and oxygen atoms in total. The summed E-state index contributed by atoms with van der Waals surface area (Å²) >= 11 is 0. The molecular formula is C21H23N3O6. The lowest BCUT2D eigenvalue weighted by Crippen LogP contribution is -2.34. The third-order valence-corrected chi connectivity index (χ3v) is 5.08. The van der Waals surface area contributed by atoms with Crippen molar-refractivity contribution in [2.24, 2.45) is 5.92 Å². The van der Waals surface area contributed by atoms with E-state index in [9.17, 15) is 9.59 Å². The second-order valence-electron chi connectivity index (χ2n) is 7.01. The highest BCUT2D eigenvalue weighted by Gasteiger charge is 2.31. The molecule has 1 fully saturated rings. The van der Waals surface area contributed by atoms with Crippen LogP contribution in [-0.4, -0.2) is 46.0 Å². The predicted molar refractivity (Wildman–Crippen MR) is 110 cm³/mol. The van der Waals surface area contributed by atoms with Crippen LogP contribution in [0.4, 0.5) is 16.2 Å². The van der Waals surface area contributed by atoms with E-state index in [0.717, 1.165) is 5.69 Å². The van der Waals surface area contributed by atoms with Crippen LogP contribution >= 0.6 is 0 Å². The number of amides is 3. The fourth-order valence-corrected chi connectivity index (χ4v) is 3.53. The van der Waals surface area contributed by atoms with Gasteiger partial charge < -0.3 is 34.5 Å². The molecule has 0 bridgehead atoms. The van der Waals surface area contributed by atoms with Gasteiger partial charge in [-0.1, -0.05) is 0 Å². The van der Waals surface area contributed by atoms with Crippen LogP contribution in [0.5, 0.6) is 23.0 Å². The molecule has 1 saturated heterocycles. The fraction of sp³-hybridized carbons (Fsp3) is 0.333. The number of hydrogen-bond donors (Lipinski definition) is 2.